The second-order valence-electron chi connectivity index (χ2n) is 6.38. The van der Waals surface area contributed by atoms with E-state index in [0.29, 0.717) is 17.7 Å². The highest BCUT2D eigenvalue weighted by atomic mass is 16.6. The van der Waals surface area contributed by atoms with Gasteiger partial charge in [-0.25, -0.2) is 0 Å². The molecule has 0 N–H and O–H groups in total. The maximum atomic E-state index is 12.5. The minimum Gasteiger partial charge on any atom is -0.484 e. The Morgan fingerprint density at radius 2 is 1.87 bits per heavy atom. The molecule has 1 amide bonds. The summed E-state index contributed by atoms with van der Waals surface area (Å²) in [4.78, 5) is 24.7. The van der Waals surface area contributed by atoms with Crippen molar-refractivity contribution in [3.8, 4) is 5.75 Å². The van der Waals surface area contributed by atoms with Gasteiger partial charge in [-0.1, -0.05) is 12.8 Å². The van der Waals surface area contributed by atoms with E-state index >= 15 is 0 Å². The fourth-order valence-electron chi connectivity index (χ4n) is 3.83. The molecule has 2 fully saturated rings. The van der Waals surface area contributed by atoms with Gasteiger partial charge in [0.1, 0.15) is 5.75 Å². The van der Waals surface area contributed by atoms with Crippen LogP contribution in [0.5, 0.6) is 5.75 Å². The monoisotopic (exact) mass is 318 g/mol. The van der Waals surface area contributed by atoms with Crippen LogP contribution in [-0.2, 0) is 4.79 Å². The van der Waals surface area contributed by atoms with Gasteiger partial charge in [-0.2, -0.15) is 0 Å². The first kappa shape index (κ1) is 15.8. The fourth-order valence-corrected chi connectivity index (χ4v) is 3.83. The number of likely N-dealkylation sites (tertiary alicyclic amines) is 1. The zero-order valence-electron chi connectivity index (χ0n) is 13.1. The Bertz CT molecular complexity index is 570. The zero-order chi connectivity index (χ0) is 16.2. The standard InChI is InChI=1S/C17H22N2O4/c20-17(12-23-15-9-7-14(8-10-15)19(21)22)18-11-3-5-13-4-1-2-6-16(13)18/h7-10,13,16H,1-6,11-12H2. The van der Waals surface area contributed by atoms with E-state index in [9.17, 15) is 14.9 Å². The van der Waals surface area contributed by atoms with Gasteiger partial charge in [-0.05, 0) is 43.7 Å². The molecule has 1 aliphatic heterocycles. The maximum Gasteiger partial charge on any atom is 0.269 e. The van der Waals surface area contributed by atoms with E-state index in [1.54, 1.807) is 0 Å². The first-order chi connectivity index (χ1) is 11.1. The Balaban J connectivity index is 1.57. The second-order valence-corrected chi connectivity index (χ2v) is 6.38. The number of carbonyl (C=O) groups is 1. The Morgan fingerprint density at radius 1 is 1.17 bits per heavy atom. The van der Waals surface area contributed by atoms with Crippen LogP contribution in [-0.4, -0.2) is 34.9 Å². The number of benzene rings is 1. The quantitative estimate of drug-likeness (QED) is 0.631. The molecule has 1 saturated carbocycles. The lowest BCUT2D eigenvalue weighted by molar-refractivity contribution is -0.384. The van der Waals surface area contributed by atoms with Gasteiger partial charge in [0.05, 0.1) is 4.92 Å². The summed E-state index contributed by atoms with van der Waals surface area (Å²) in [6.45, 7) is 0.824. The highest BCUT2D eigenvalue weighted by Gasteiger charge is 2.35. The maximum absolute atomic E-state index is 12.5. The van der Waals surface area contributed by atoms with Crippen molar-refractivity contribution >= 4 is 11.6 Å². The number of fused-ring (bicyclic) bond motifs is 1. The van der Waals surface area contributed by atoms with Crippen molar-refractivity contribution in [2.45, 2.75) is 44.6 Å². The summed E-state index contributed by atoms with van der Waals surface area (Å²) in [6, 6.07) is 6.22. The molecule has 2 aliphatic rings. The first-order valence-electron chi connectivity index (χ1n) is 8.32. The van der Waals surface area contributed by atoms with Crippen molar-refractivity contribution < 1.29 is 14.5 Å². The molecule has 1 heterocycles. The third kappa shape index (κ3) is 3.63. The molecule has 2 atom stereocenters. The molecule has 6 nitrogen and oxygen atoms in total. The molecular weight excluding hydrogens is 296 g/mol. The van der Waals surface area contributed by atoms with Crippen molar-refractivity contribution in [3.63, 3.8) is 0 Å². The molecule has 0 aromatic heterocycles. The van der Waals surface area contributed by atoms with Gasteiger partial charge < -0.3 is 9.64 Å². The Kier molecular flexibility index (Phi) is 4.79. The van der Waals surface area contributed by atoms with Crippen LogP contribution in [0.4, 0.5) is 5.69 Å². The molecule has 3 rings (SSSR count). The van der Waals surface area contributed by atoms with Gasteiger partial charge in [0.15, 0.2) is 6.61 Å². The minimum atomic E-state index is -0.452. The molecule has 1 aliphatic carbocycles. The Hall–Kier alpha value is -2.11. The van der Waals surface area contributed by atoms with Gasteiger partial charge >= 0.3 is 0 Å². The number of carbonyl (C=O) groups excluding carboxylic acids is 1. The number of ether oxygens (including phenoxy) is 1. The van der Waals surface area contributed by atoms with E-state index in [1.165, 1.54) is 49.9 Å². The van der Waals surface area contributed by atoms with Crippen LogP contribution < -0.4 is 4.74 Å². The number of amides is 1. The van der Waals surface area contributed by atoms with Crippen LogP contribution in [0.25, 0.3) is 0 Å². The summed E-state index contributed by atoms with van der Waals surface area (Å²) in [5.41, 5.74) is 0.0183. The van der Waals surface area contributed by atoms with Crippen LogP contribution in [0, 0.1) is 16.0 Å². The van der Waals surface area contributed by atoms with E-state index in [2.05, 4.69) is 0 Å². The molecule has 6 heteroatoms. The van der Waals surface area contributed by atoms with Crippen molar-refractivity contribution in [1.29, 1.82) is 0 Å². The van der Waals surface area contributed by atoms with Crippen LogP contribution in [0.2, 0.25) is 0 Å². The highest BCUT2D eigenvalue weighted by Crippen LogP contribution is 2.35. The average molecular weight is 318 g/mol. The van der Waals surface area contributed by atoms with Gasteiger partial charge in [-0.15, -0.1) is 0 Å². The molecule has 0 bridgehead atoms. The van der Waals surface area contributed by atoms with Gasteiger partial charge in [0.25, 0.3) is 11.6 Å². The normalized spacial score (nSPS) is 23.9. The Labute approximate surface area is 135 Å². The van der Waals surface area contributed by atoms with Crippen LogP contribution >= 0.6 is 0 Å². The van der Waals surface area contributed by atoms with E-state index in [4.69, 9.17) is 4.74 Å². The second kappa shape index (κ2) is 6.98. The number of piperidine rings is 1. The first-order valence-corrected chi connectivity index (χ1v) is 8.32. The van der Waals surface area contributed by atoms with E-state index < -0.39 is 4.92 Å². The summed E-state index contributed by atoms with van der Waals surface area (Å²) in [5, 5.41) is 10.6. The number of nitro groups is 1. The van der Waals surface area contributed by atoms with Crippen molar-refractivity contribution in [1.82, 2.24) is 4.90 Å². The zero-order valence-corrected chi connectivity index (χ0v) is 13.1. The average Bonchev–Trinajstić information content (AvgIpc) is 2.59. The van der Waals surface area contributed by atoms with Crippen molar-refractivity contribution in [2.75, 3.05) is 13.2 Å². The fraction of sp³-hybridized carbons (Fsp3) is 0.588. The molecule has 2 unspecified atom stereocenters. The summed E-state index contributed by atoms with van der Waals surface area (Å²) >= 11 is 0. The van der Waals surface area contributed by atoms with Crippen LogP contribution in [0.15, 0.2) is 24.3 Å². The molecule has 1 saturated heterocycles. The number of nitro benzene ring substituents is 1. The van der Waals surface area contributed by atoms with Crippen LogP contribution in [0.3, 0.4) is 0 Å². The Morgan fingerprint density at radius 3 is 2.61 bits per heavy atom. The molecule has 124 valence electrons. The number of hydrogen-bond acceptors (Lipinski definition) is 4. The lowest BCUT2D eigenvalue weighted by Crippen LogP contribution is -2.51. The molecule has 0 spiro atoms. The third-order valence-corrected chi connectivity index (χ3v) is 4.97. The van der Waals surface area contributed by atoms with Gasteiger partial charge in [0, 0.05) is 24.7 Å². The third-order valence-electron chi connectivity index (χ3n) is 4.97. The van der Waals surface area contributed by atoms with E-state index in [0.717, 1.165) is 19.4 Å². The van der Waals surface area contributed by atoms with Crippen LogP contribution in [0.1, 0.15) is 38.5 Å². The number of non-ortho nitro benzene ring substituents is 1. The molecule has 1 aromatic rings. The summed E-state index contributed by atoms with van der Waals surface area (Å²) < 4.78 is 5.52. The minimum absolute atomic E-state index is 0.00102. The SMILES string of the molecule is O=C(COc1ccc([N+](=O)[O-])cc1)N1CCCC2CCCCC21. The summed E-state index contributed by atoms with van der Waals surface area (Å²) in [7, 11) is 0. The van der Waals surface area contributed by atoms with Crippen molar-refractivity contribution in [3.05, 3.63) is 34.4 Å². The van der Waals surface area contributed by atoms with Gasteiger partial charge in [0.2, 0.25) is 0 Å². The predicted octanol–water partition coefficient (Wildman–Crippen LogP) is 3.15. The number of nitrogens with zero attached hydrogens (tertiary/aromatic N) is 2. The molecule has 23 heavy (non-hydrogen) atoms. The largest absolute Gasteiger partial charge is 0.484 e. The van der Waals surface area contributed by atoms with Gasteiger partial charge in [-0.3, -0.25) is 14.9 Å². The summed E-state index contributed by atoms with van der Waals surface area (Å²) in [5.74, 6) is 1.17. The molecule has 1 aromatic carbocycles. The van der Waals surface area contributed by atoms with E-state index in [1.807, 2.05) is 4.90 Å². The molecule has 0 radical (unpaired) electrons. The summed E-state index contributed by atoms with van der Waals surface area (Å²) in [6.07, 6.45) is 7.13. The number of rotatable bonds is 4. The smallest absolute Gasteiger partial charge is 0.269 e. The van der Waals surface area contributed by atoms with Crippen molar-refractivity contribution in [2.24, 2.45) is 5.92 Å². The van der Waals surface area contributed by atoms with E-state index in [-0.39, 0.29) is 18.2 Å². The lowest BCUT2D eigenvalue weighted by Gasteiger charge is -2.44. The topological polar surface area (TPSA) is 72.7 Å². The lowest BCUT2D eigenvalue weighted by atomic mass is 9.78. The number of hydrogen-bond donors (Lipinski definition) is 0. The predicted molar refractivity (Wildman–Crippen MR) is 85.3 cm³/mol. The highest BCUT2D eigenvalue weighted by molar-refractivity contribution is 5.78. The molecular formula is C17H22N2O4.